The van der Waals surface area contributed by atoms with E-state index in [9.17, 15) is 26.7 Å². The molecule has 1 aromatic carbocycles. The predicted octanol–water partition coefficient (Wildman–Crippen LogP) is 5.67. The van der Waals surface area contributed by atoms with Gasteiger partial charge in [0.15, 0.2) is 22.9 Å². The van der Waals surface area contributed by atoms with Gasteiger partial charge in [-0.2, -0.15) is 17.6 Å². The first-order valence-corrected chi connectivity index (χ1v) is 11.8. The van der Waals surface area contributed by atoms with Gasteiger partial charge >= 0.3 is 6.18 Å². The number of alkyl halides is 3. The molecule has 1 saturated carbocycles. The number of nitrogens with one attached hydrogen (secondary N) is 1. The fraction of sp³-hybridized carbons (Fsp3) is 0.462. The highest BCUT2D eigenvalue weighted by Crippen LogP contribution is 2.71. The molecule has 1 N–H and O–H groups in total. The van der Waals surface area contributed by atoms with Gasteiger partial charge in [0.1, 0.15) is 18.1 Å². The minimum absolute atomic E-state index is 0.0485. The molecule has 7 nitrogen and oxygen atoms in total. The zero-order chi connectivity index (χ0) is 27.7. The molecule has 3 aliphatic rings. The van der Waals surface area contributed by atoms with Crippen LogP contribution < -0.4 is 10.1 Å². The van der Waals surface area contributed by atoms with Gasteiger partial charge in [-0.1, -0.05) is 13.0 Å². The molecule has 1 saturated heterocycles. The van der Waals surface area contributed by atoms with Crippen LogP contribution in [0.25, 0.3) is 5.76 Å². The van der Waals surface area contributed by atoms with E-state index in [-0.39, 0.29) is 24.1 Å². The maximum Gasteiger partial charge on any atom is 0.418 e. The van der Waals surface area contributed by atoms with Crippen LogP contribution >= 0.6 is 0 Å². The normalized spacial score (nSPS) is 29.4. The van der Waals surface area contributed by atoms with Crippen LogP contribution in [-0.4, -0.2) is 41.7 Å². The third-order valence-electron chi connectivity index (χ3n) is 7.66. The SMILES string of the molecule is COc1c([C@H]2[C@H](C(=O)Nc3ccc(C4=COC(C)(C)O4)nc3)O[C@]3(C(F)(F)F)CC[C@]23C)ccc(F)c1F. The lowest BCUT2D eigenvalue weighted by Crippen LogP contribution is -2.63. The summed E-state index contributed by atoms with van der Waals surface area (Å²) in [5.74, 6) is -5.82. The third-order valence-corrected chi connectivity index (χ3v) is 7.66. The number of hydrogen-bond donors (Lipinski definition) is 1. The smallest absolute Gasteiger partial charge is 0.418 e. The maximum absolute atomic E-state index is 14.6. The summed E-state index contributed by atoms with van der Waals surface area (Å²) in [5.41, 5.74) is -3.75. The number of nitrogens with zero attached hydrogens (tertiary/aromatic N) is 1. The summed E-state index contributed by atoms with van der Waals surface area (Å²) in [5, 5.41) is 2.54. The highest BCUT2D eigenvalue weighted by molar-refractivity contribution is 5.95. The highest BCUT2D eigenvalue weighted by Gasteiger charge is 2.80. The number of amides is 1. The summed E-state index contributed by atoms with van der Waals surface area (Å²) in [6.07, 6.45) is -4.11. The van der Waals surface area contributed by atoms with Crippen molar-refractivity contribution in [2.45, 2.75) is 63.2 Å². The minimum Gasteiger partial charge on any atom is -0.493 e. The molecule has 2 fully saturated rings. The molecule has 1 aromatic heterocycles. The van der Waals surface area contributed by atoms with E-state index < -0.39 is 58.3 Å². The molecular weight excluding hydrogens is 515 g/mol. The molecule has 204 valence electrons. The van der Waals surface area contributed by atoms with E-state index in [1.165, 1.54) is 25.4 Å². The Morgan fingerprint density at radius 3 is 2.39 bits per heavy atom. The first-order chi connectivity index (χ1) is 17.7. The summed E-state index contributed by atoms with van der Waals surface area (Å²) >= 11 is 0. The molecule has 38 heavy (non-hydrogen) atoms. The van der Waals surface area contributed by atoms with Gasteiger partial charge in [0.05, 0.1) is 19.0 Å². The Kier molecular flexibility index (Phi) is 5.90. The minimum atomic E-state index is -4.81. The first-order valence-electron chi connectivity index (χ1n) is 11.8. The second-order valence-electron chi connectivity index (χ2n) is 10.3. The van der Waals surface area contributed by atoms with Crippen LogP contribution in [0.15, 0.2) is 36.7 Å². The Labute approximate surface area is 214 Å². The molecule has 12 heteroatoms. The largest absolute Gasteiger partial charge is 0.493 e. The lowest BCUT2D eigenvalue weighted by Gasteiger charge is -2.54. The number of rotatable bonds is 5. The van der Waals surface area contributed by atoms with E-state index >= 15 is 0 Å². The zero-order valence-electron chi connectivity index (χ0n) is 20.9. The van der Waals surface area contributed by atoms with Crippen molar-refractivity contribution >= 4 is 17.4 Å². The van der Waals surface area contributed by atoms with Gasteiger partial charge in [0.25, 0.3) is 5.91 Å². The van der Waals surface area contributed by atoms with Crippen LogP contribution in [0, 0.1) is 17.0 Å². The molecule has 0 bridgehead atoms. The number of methoxy groups -OCH3 is 1. The molecule has 0 radical (unpaired) electrons. The van der Waals surface area contributed by atoms with Crippen LogP contribution in [0.4, 0.5) is 27.6 Å². The number of anilines is 1. The lowest BCUT2D eigenvalue weighted by atomic mass is 9.51. The summed E-state index contributed by atoms with van der Waals surface area (Å²) in [4.78, 5) is 17.6. The van der Waals surface area contributed by atoms with Gasteiger partial charge in [-0.25, -0.2) is 4.39 Å². The van der Waals surface area contributed by atoms with E-state index in [4.69, 9.17) is 18.9 Å². The van der Waals surface area contributed by atoms with E-state index in [1.807, 2.05) is 0 Å². The van der Waals surface area contributed by atoms with Crippen LogP contribution in [-0.2, 0) is 19.0 Å². The molecular formula is C26H25F5N2O5. The molecule has 3 heterocycles. The van der Waals surface area contributed by atoms with Crippen molar-refractivity contribution < 1.29 is 45.7 Å². The van der Waals surface area contributed by atoms with Gasteiger partial charge < -0.3 is 24.3 Å². The molecule has 0 spiro atoms. The number of halogens is 5. The fourth-order valence-electron chi connectivity index (χ4n) is 5.66. The second-order valence-corrected chi connectivity index (χ2v) is 10.3. The number of ether oxygens (including phenoxy) is 4. The van der Waals surface area contributed by atoms with Gasteiger partial charge in [-0.3, -0.25) is 9.78 Å². The second kappa shape index (κ2) is 8.55. The molecule has 1 aliphatic carbocycles. The van der Waals surface area contributed by atoms with Crippen LogP contribution in [0.1, 0.15) is 50.8 Å². The van der Waals surface area contributed by atoms with Crippen molar-refractivity contribution in [1.29, 1.82) is 0 Å². The first kappa shape index (κ1) is 26.2. The Morgan fingerprint density at radius 2 is 1.87 bits per heavy atom. The molecule has 4 atom stereocenters. The van der Waals surface area contributed by atoms with Gasteiger partial charge in [-0.15, -0.1) is 0 Å². The number of hydrogen-bond acceptors (Lipinski definition) is 6. The zero-order valence-corrected chi connectivity index (χ0v) is 20.9. The molecule has 1 amide bonds. The topological polar surface area (TPSA) is 78.9 Å². The highest BCUT2D eigenvalue weighted by atomic mass is 19.4. The number of carbonyl (C=O) groups excluding carboxylic acids is 1. The van der Waals surface area contributed by atoms with Gasteiger partial charge in [0.2, 0.25) is 11.6 Å². The van der Waals surface area contributed by atoms with Crippen LogP contribution in [0.3, 0.4) is 0 Å². The van der Waals surface area contributed by atoms with Crippen molar-refractivity contribution in [2.24, 2.45) is 5.41 Å². The Hall–Kier alpha value is -3.41. The molecule has 2 aliphatic heterocycles. The Morgan fingerprint density at radius 1 is 1.13 bits per heavy atom. The summed E-state index contributed by atoms with van der Waals surface area (Å²) < 4.78 is 93.2. The monoisotopic (exact) mass is 540 g/mol. The summed E-state index contributed by atoms with van der Waals surface area (Å²) in [6.45, 7) is 4.77. The predicted molar refractivity (Wildman–Crippen MR) is 124 cm³/mol. The van der Waals surface area contributed by atoms with E-state index in [2.05, 4.69) is 10.3 Å². The average molecular weight is 540 g/mol. The van der Waals surface area contributed by atoms with Crippen LogP contribution in [0.5, 0.6) is 5.75 Å². The van der Waals surface area contributed by atoms with Crippen molar-refractivity contribution in [2.75, 3.05) is 12.4 Å². The average Bonchev–Trinajstić information content (AvgIpc) is 3.29. The number of pyridine rings is 1. The number of aromatic nitrogens is 1. The Balaban J connectivity index is 1.48. The van der Waals surface area contributed by atoms with Crippen molar-refractivity contribution in [3.05, 3.63) is 59.6 Å². The lowest BCUT2D eigenvalue weighted by molar-refractivity contribution is -0.328. The third kappa shape index (κ3) is 3.79. The van der Waals surface area contributed by atoms with E-state index in [1.54, 1.807) is 19.9 Å². The van der Waals surface area contributed by atoms with Crippen LogP contribution in [0.2, 0.25) is 0 Å². The number of benzene rings is 1. The molecule has 2 aromatic rings. The summed E-state index contributed by atoms with van der Waals surface area (Å²) in [6, 6.07) is 4.97. The van der Waals surface area contributed by atoms with Crippen molar-refractivity contribution in [3.8, 4) is 5.75 Å². The van der Waals surface area contributed by atoms with Crippen molar-refractivity contribution in [3.63, 3.8) is 0 Å². The molecule has 0 unspecified atom stereocenters. The van der Waals surface area contributed by atoms with Gasteiger partial charge in [0, 0.05) is 30.7 Å². The summed E-state index contributed by atoms with van der Waals surface area (Å²) in [7, 11) is 1.08. The Bertz CT molecular complexity index is 1310. The molecule has 5 rings (SSSR count). The van der Waals surface area contributed by atoms with E-state index in [0.717, 1.165) is 19.2 Å². The standard InChI is InChI=1S/C26H25F5N2O5/c1-23(2)36-12-17(37-23)16-8-5-13(11-32-16)33-22(34)21-18(14-6-7-15(27)19(28)20(14)35-4)24(3)9-10-25(24,38-21)26(29,30)31/h5-8,11-12,18,21H,9-10H2,1-4H3,(H,33,34)/t18-,21+,24+,25+/m0/s1. The van der Waals surface area contributed by atoms with Gasteiger partial charge in [-0.05, 0) is 31.0 Å². The van der Waals surface area contributed by atoms with Crippen molar-refractivity contribution in [1.82, 2.24) is 4.98 Å². The number of fused-ring (bicyclic) bond motifs is 1. The quantitative estimate of drug-likeness (QED) is 0.493. The number of carbonyl (C=O) groups is 1. The maximum atomic E-state index is 14.6. The fourth-order valence-corrected chi connectivity index (χ4v) is 5.66. The van der Waals surface area contributed by atoms with E-state index in [0.29, 0.717) is 11.5 Å².